The molecule has 1 aromatic heterocycles. The Kier molecular flexibility index (Phi) is 6.66. The number of aryl methyl sites for hydroxylation is 1. The normalized spacial score (nSPS) is 16.3. The number of nitrogens with one attached hydrogen (secondary N) is 1. The lowest BCUT2D eigenvalue weighted by Crippen LogP contribution is -2.40. The second-order valence-corrected chi connectivity index (χ2v) is 9.15. The maximum absolute atomic E-state index is 4.43. The molecule has 0 saturated carbocycles. The minimum atomic E-state index is 0.387. The molecule has 2 heterocycles. The third kappa shape index (κ3) is 5.41. The topological polar surface area (TPSA) is 33.1 Å². The van der Waals surface area contributed by atoms with Crippen molar-refractivity contribution in [2.24, 2.45) is 0 Å². The summed E-state index contributed by atoms with van der Waals surface area (Å²) < 4.78 is 2.25. The van der Waals surface area contributed by atoms with E-state index in [0.29, 0.717) is 6.04 Å². The lowest BCUT2D eigenvalue weighted by Gasteiger charge is -2.26. The number of aromatic nitrogens is 2. The van der Waals surface area contributed by atoms with Crippen molar-refractivity contribution in [3.8, 4) is 0 Å². The fourth-order valence-electron chi connectivity index (χ4n) is 4.81. The van der Waals surface area contributed by atoms with Gasteiger partial charge in [0.15, 0.2) is 0 Å². The largest absolute Gasteiger partial charge is 0.329 e. The lowest BCUT2D eigenvalue weighted by molar-refractivity contribution is 0.232. The van der Waals surface area contributed by atoms with E-state index < -0.39 is 0 Å². The molecule has 3 aromatic carbocycles. The molecule has 0 fully saturated rings. The molecule has 4 nitrogen and oxygen atoms in total. The zero-order valence-electron chi connectivity index (χ0n) is 19.3. The van der Waals surface area contributed by atoms with Gasteiger partial charge in [0.25, 0.3) is 0 Å². The summed E-state index contributed by atoms with van der Waals surface area (Å²) in [5.41, 5.74) is 8.21. The molecule has 1 atom stereocenters. The number of rotatable bonds is 7. The van der Waals surface area contributed by atoms with Crippen molar-refractivity contribution in [2.75, 3.05) is 6.54 Å². The molecule has 4 heteroatoms. The smallest absolute Gasteiger partial charge is 0.0951 e. The van der Waals surface area contributed by atoms with Gasteiger partial charge >= 0.3 is 0 Å². The summed E-state index contributed by atoms with van der Waals surface area (Å²) in [6.45, 7) is 6.88. The van der Waals surface area contributed by atoms with Crippen LogP contribution in [-0.4, -0.2) is 27.0 Å². The molecule has 0 amide bonds. The Labute approximate surface area is 196 Å². The number of hydrogen-bond acceptors (Lipinski definition) is 3. The van der Waals surface area contributed by atoms with Gasteiger partial charge in [-0.05, 0) is 41.2 Å². The van der Waals surface area contributed by atoms with E-state index in [4.69, 9.17) is 0 Å². The number of fused-ring (bicyclic) bond motifs is 1. The Hall–Kier alpha value is -3.21. The van der Waals surface area contributed by atoms with Crippen LogP contribution in [0.4, 0.5) is 0 Å². The highest BCUT2D eigenvalue weighted by molar-refractivity contribution is 5.30. The Balaban J connectivity index is 1.30. The quantitative estimate of drug-likeness (QED) is 0.445. The highest BCUT2D eigenvalue weighted by atomic mass is 15.2. The van der Waals surface area contributed by atoms with Gasteiger partial charge in [0, 0.05) is 45.0 Å². The van der Waals surface area contributed by atoms with Crippen LogP contribution in [0.15, 0.2) is 91.4 Å². The molecule has 1 aliphatic heterocycles. The average molecular weight is 437 g/mol. The van der Waals surface area contributed by atoms with Crippen molar-refractivity contribution in [2.45, 2.75) is 45.6 Å². The summed E-state index contributed by atoms with van der Waals surface area (Å²) in [5, 5.41) is 3.86. The first-order chi connectivity index (χ1) is 16.2. The van der Waals surface area contributed by atoms with Crippen molar-refractivity contribution in [3.63, 3.8) is 0 Å². The van der Waals surface area contributed by atoms with Gasteiger partial charge in [-0.2, -0.15) is 0 Å². The van der Waals surface area contributed by atoms with Gasteiger partial charge in [0.05, 0.1) is 12.0 Å². The molecule has 0 saturated heterocycles. The predicted molar refractivity (Wildman–Crippen MR) is 134 cm³/mol. The fraction of sp³-hybridized carbons (Fsp3) is 0.276. The minimum Gasteiger partial charge on any atom is -0.329 e. The number of imidazole rings is 1. The van der Waals surface area contributed by atoms with Gasteiger partial charge < -0.3 is 9.88 Å². The molecular weight excluding hydrogens is 404 g/mol. The Bertz CT molecular complexity index is 1180. The third-order valence-electron chi connectivity index (χ3n) is 6.68. The van der Waals surface area contributed by atoms with Crippen molar-refractivity contribution in [3.05, 3.63) is 125 Å². The summed E-state index contributed by atoms with van der Waals surface area (Å²) in [7, 11) is 0. The summed E-state index contributed by atoms with van der Waals surface area (Å²) >= 11 is 0. The van der Waals surface area contributed by atoms with Gasteiger partial charge in [0.1, 0.15) is 0 Å². The molecule has 0 unspecified atom stereocenters. The number of nitrogens with zero attached hydrogens (tertiary/aromatic N) is 3. The van der Waals surface area contributed by atoms with Gasteiger partial charge in [-0.15, -0.1) is 0 Å². The van der Waals surface area contributed by atoms with Crippen LogP contribution in [0.25, 0.3) is 0 Å². The van der Waals surface area contributed by atoms with E-state index in [0.717, 1.165) is 39.1 Å². The van der Waals surface area contributed by atoms with Crippen LogP contribution in [0, 0.1) is 6.92 Å². The molecule has 0 bridgehead atoms. The highest BCUT2D eigenvalue weighted by Gasteiger charge is 2.22. The van der Waals surface area contributed by atoms with Crippen LogP contribution in [0.2, 0.25) is 0 Å². The Morgan fingerprint density at radius 2 is 1.64 bits per heavy atom. The van der Waals surface area contributed by atoms with Crippen molar-refractivity contribution in [1.82, 2.24) is 19.8 Å². The molecule has 0 aliphatic carbocycles. The first kappa shape index (κ1) is 21.6. The minimum absolute atomic E-state index is 0.387. The fourth-order valence-corrected chi connectivity index (χ4v) is 4.81. The van der Waals surface area contributed by atoms with Crippen LogP contribution in [0.1, 0.15) is 33.5 Å². The molecule has 0 spiro atoms. The molecule has 1 N–H and O–H groups in total. The summed E-state index contributed by atoms with van der Waals surface area (Å²) in [6.07, 6.45) is 4.98. The Morgan fingerprint density at radius 1 is 0.879 bits per heavy atom. The van der Waals surface area contributed by atoms with Gasteiger partial charge in [-0.1, -0.05) is 78.9 Å². The lowest BCUT2D eigenvalue weighted by atomic mass is 10.0. The van der Waals surface area contributed by atoms with Crippen LogP contribution >= 0.6 is 0 Å². The van der Waals surface area contributed by atoms with E-state index in [-0.39, 0.29) is 0 Å². The zero-order valence-corrected chi connectivity index (χ0v) is 19.3. The predicted octanol–water partition coefficient (Wildman–Crippen LogP) is 4.96. The summed E-state index contributed by atoms with van der Waals surface area (Å²) in [6, 6.07) is 28.6. The maximum Gasteiger partial charge on any atom is 0.0951 e. The zero-order chi connectivity index (χ0) is 22.5. The molecule has 33 heavy (non-hydrogen) atoms. The molecule has 1 aliphatic rings. The number of hydrogen-bond donors (Lipinski definition) is 1. The summed E-state index contributed by atoms with van der Waals surface area (Å²) in [4.78, 5) is 7.02. The Morgan fingerprint density at radius 3 is 2.48 bits per heavy atom. The first-order valence-corrected chi connectivity index (χ1v) is 11.8. The van der Waals surface area contributed by atoms with E-state index in [1.54, 1.807) is 0 Å². The van der Waals surface area contributed by atoms with Crippen LogP contribution in [-0.2, 0) is 32.6 Å². The standard InChI is InChI=1S/C29H32N4/c1-23-9-5-6-13-26(23)19-32-20-27-14-8-7-12-25(27)15-28(21-32)31-17-29-16-30-22-33(29)18-24-10-3-2-4-11-24/h2-14,16,22,28,31H,15,17-21H2,1H3/t28-/m0/s1. The van der Waals surface area contributed by atoms with Gasteiger partial charge in [-0.3, -0.25) is 4.90 Å². The third-order valence-corrected chi connectivity index (χ3v) is 6.68. The van der Waals surface area contributed by atoms with Crippen molar-refractivity contribution in [1.29, 1.82) is 0 Å². The molecule has 0 radical (unpaired) electrons. The molecular formula is C29H32N4. The summed E-state index contributed by atoms with van der Waals surface area (Å²) in [5.74, 6) is 0. The van der Waals surface area contributed by atoms with Gasteiger partial charge in [0.2, 0.25) is 0 Å². The van der Waals surface area contributed by atoms with Crippen LogP contribution in [0.3, 0.4) is 0 Å². The maximum atomic E-state index is 4.43. The second kappa shape index (κ2) is 10.2. The van der Waals surface area contributed by atoms with E-state index in [1.165, 1.54) is 33.5 Å². The first-order valence-electron chi connectivity index (χ1n) is 11.8. The van der Waals surface area contributed by atoms with Crippen LogP contribution in [0.5, 0.6) is 0 Å². The SMILES string of the molecule is Cc1ccccc1CN1Cc2ccccc2C[C@H](NCc2cncn2Cc2ccccc2)C1. The molecule has 5 rings (SSSR count). The van der Waals surface area contributed by atoms with Gasteiger partial charge in [-0.25, -0.2) is 4.98 Å². The van der Waals surface area contributed by atoms with Crippen molar-refractivity contribution < 1.29 is 0 Å². The van der Waals surface area contributed by atoms with E-state index >= 15 is 0 Å². The van der Waals surface area contributed by atoms with E-state index in [1.807, 2.05) is 12.5 Å². The molecule has 4 aromatic rings. The van der Waals surface area contributed by atoms with E-state index in [2.05, 4.69) is 106 Å². The van der Waals surface area contributed by atoms with Crippen molar-refractivity contribution >= 4 is 0 Å². The average Bonchev–Trinajstić information content (AvgIpc) is 3.19. The number of benzene rings is 3. The van der Waals surface area contributed by atoms with E-state index in [9.17, 15) is 0 Å². The molecule has 168 valence electrons. The monoisotopic (exact) mass is 436 g/mol. The second-order valence-electron chi connectivity index (χ2n) is 9.15. The van der Waals surface area contributed by atoms with Crippen LogP contribution < -0.4 is 5.32 Å². The highest BCUT2D eigenvalue weighted by Crippen LogP contribution is 2.22.